The molecule has 16 heavy (non-hydrogen) atoms. The van der Waals surface area contributed by atoms with Gasteiger partial charge in [0.15, 0.2) is 0 Å². The Morgan fingerprint density at radius 2 is 2.19 bits per heavy atom. The fourth-order valence-electron chi connectivity index (χ4n) is 1.27. The van der Waals surface area contributed by atoms with Gasteiger partial charge in [-0.15, -0.1) is 0 Å². The van der Waals surface area contributed by atoms with E-state index < -0.39 is 0 Å². The van der Waals surface area contributed by atoms with Crippen LogP contribution in [0.15, 0.2) is 29.0 Å². The van der Waals surface area contributed by atoms with Crippen LogP contribution in [0.25, 0.3) is 11.4 Å². The van der Waals surface area contributed by atoms with E-state index in [4.69, 9.17) is 10.3 Å². The Labute approximate surface area is 93.7 Å². The van der Waals surface area contributed by atoms with E-state index in [1.54, 1.807) is 12.4 Å². The van der Waals surface area contributed by atoms with Gasteiger partial charge in [-0.1, -0.05) is 19.0 Å². The SMILES string of the molecule is CC(C)[C@H](N)c1nc(-c2cccnc2)no1. The first-order valence-corrected chi connectivity index (χ1v) is 5.18. The van der Waals surface area contributed by atoms with Gasteiger partial charge in [0.25, 0.3) is 0 Å². The van der Waals surface area contributed by atoms with E-state index in [1.807, 2.05) is 26.0 Å². The first-order chi connectivity index (χ1) is 7.68. The largest absolute Gasteiger partial charge is 0.337 e. The highest BCUT2D eigenvalue weighted by molar-refractivity contribution is 5.51. The average Bonchev–Trinajstić information content (AvgIpc) is 2.78. The van der Waals surface area contributed by atoms with E-state index in [1.165, 1.54) is 0 Å². The van der Waals surface area contributed by atoms with Gasteiger partial charge < -0.3 is 10.3 Å². The summed E-state index contributed by atoms with van der Waals surface area (Å²) in [5.74, 6) is 1.26. The molecule has 0 spiro atoms. The maximum atomic E-state index is 5.92. The van der Waals surface area contributed by atoms with E-state index in [0.29, 0.717) is 11.7 Å². The summed E-state index contributed by atoms with van der Waals surface area (Å²) < 4.78 is 5.13. The van der Waals surface area contributed by atoms with E-state index >= 15 is 0 Å². The zero-order valence-electron chi connectivity index (χ0n) is 9.29. The highest BCUT2D eigenvalue weighted by Gasteiger charge is 2.18. The first-order valence-electron chi connectivity index (χ1n) is 5.18. The maximum Gasteiger partial charge on any atom is 0.244 e. The zero-order chi connectivity index (χ0) is 11.5. The lowest BCUT2D eigenvalue weighted by Crippen LogP contribution is -2.16. The van der Waals surface area contributed by atoms with Gasteiger partial charge in [0.2, 0.25) is 11.7 Å². The van der Waals surface area contributed by atoms with Gasteiger partial charge >= 0.3 is 0 Å². The highest BCUT2D eigenvalue weighted by atomic mass is 16.5. The second-order valence-corrected chi connectivity index (χ2v) is 3.97. The standard InChI is InChI=1S/C11H14N4O/c1-7(2)9(12)11-14-10(15-16-11)8-4-3-5-13-6-8/h3-7,9H,12H2,1-2H3/t9-/m0/s1. The summed E-state index contributed by atoms with van der Waals surface area (Å²) in [6, 6.07) is 3.48. The van der Waals surface area contributed by atoms with Crippen molar-refractivity contribution in [1.82, 2.24) is 15.1 Å². The molecule has 0 radical (unpaired) electrons. The third-order valence-corrected chi connectivity index (χ3v) is 2.36. The Bertz CT molecular complexity index is 452. The molecule has 2 aromatic rings. The molecule has 0 aromatic carbocycles. The minimum atomic E-state index is -0.224. The Morgan fingerprint density at radius 3 is 2.81 bits per heavy atom. The Morgan fingerprint density at radius 1 is 1.38 bits per heavy atom. The number of pyridine rings is 1. The Kier molecular flexibility index (Phi) is 2.96. The van der Waals surface area contributed by atoms with Crippen molar-refractivity contribution in [2.24, 2.45) is 11.7 Å². The molecule has 5 nitrogen and oxygen atoms in total. The second-order valence-electron chi connectivity index (χ2n) is 3.97. The van der Waals surface area contributed by atoms with Crippen LogP contribution in [0.4, 0.5) is 0 Å². The molecule has 5 heteroatoms. The van der Waals surface area contributed by atoms with Crippen LogP contribution in [0.5, 0.6) is 0 Å². The molecule has 0 unspecified atom stereocenters. The number of hydrogen-bond donors (Lipinski definition) is 1. The number of nitrogens with zero attached hydrogens (tertiary/aromatic N) is 3. The summed E-state index contributed by atoms with van der Waals surface area (Å²) in [5, 5.41) is 3.88. The molecule has 2 aromatic heterocycles. The maximum absolute atomic E-state index is 5.92. The molecule has 0 saturated carbocycles. The normalized spacial score (nSPS) is 13.0. The molecule has 0 saturated heterocycles. The number of hydrogen-bond acceptors (Lipinski definition) is 5. The Balaban J connectivity index is 2.27. The van der Waals surface area contributed by atoms with E-state index in [0.717, 1.165) is 5.56 Å². The average molecular weight is 218 g/mol. The summed E-state index contributed by atoms with van der Waals surface area (Å²) in [6.45, 7) is 4.03. The lowest BCUT2D eigenvalue weighted by atomic mass is 10.1. The van der Waals surface area contributed by atoms with Gasteiger partial charge in [-0.2, -0.15) is 4.98 Å². The van der Waals surface area contributed by atoms with Gasteiger partial charge in [-0.25, -0.2) is 0 Å². The number of nitrogens with two attached hydrogens (primary N) is 1. The van der Waals surface area contributed by atoms with Crippen molar-refractivity contribution in [3.05, 3.63) is 30.4 Å². The molecule has 84 valence electrons. The Hall–Kier alpha value is -1.75. The summed E-state index contributed by atoms with van der Waals surface area (Å²) >= 11 is 0. The van der Waals surface area contributed by atoms with Crippen molar-refractivity contribution in [3.63, 3.8) is 0 Å². The predicted octanol–water partition coefficient (Wildman–Crippen LogP) is 1.79. The lowest BCUT2D eigenvalue weighted by Gasteiger charge is -2.09. The molecule has 0 bridgehead atoms. The fourth-order valence-corrected chi connectivity index (χ4v) is 1.27. The summed E-state index contributed by atoms with van der Waals surface area (Å²) in [4.78, 5) is 8.26. The van der Waals surface area contributed by atoms with Crippen molar-refractivity contribution in [3.8, 4) is 11.4 Å². The highest BCUT2D eigenvalue weighted by Crippen LogP contribution is 2.20. The third kappa shape index (κ3) is 2.09. The van der Waals surface area contributed by atoms with Crippen LogP contribution >= 0.6 is 0 Å². The van der Waals surface area contributed by atoms with E-state index in [9.17, 15) is 0 Å². The molecule has 2 heterocycles. The van der Waals surface area contributed by atoms with Crippen molar-refractivity contribution < 1.29 is 4.52 Å². The van der Waals surface area contributed by atoms with Crippen LogP contribution in [0.3, 0.4) is 0 Å². The third-order valence-electron chi connectivity index (χ3n) is 2.36. The molecule has 2 rings (SSSR count). The minimum Gasteiger partial charge on any atom is -0.337 e. The summed E-state index contributed by atoms with van der Waals surface area (Å²) in [7, 11) is 0. The quantitative estimate of drug-likeness (QED) is 0.849. The summed E-state index contributed by atoms with van der Waals surface area (Å²) in [5.41, 5.74) is 6.74. The molecule has 0 aliphatic heterocycles. The van der Waals surface area contributed by atoms with Gasteiger partial charge in [-0.05, 0) is 18.1 Å². The van der Waals surface area contributed by atoms with Gasteiger partial charge in [0.05, 0.1) is 6.04 Å². The van der Waals surface area contributed by atoms with Crippen LogP contribution in [0.1, 0.15) is 25.8 Å². The topological polar surface area (TPSA) is 77.8 Å². The fraction of sp³-hybridized carbons (Fsp3) is 0.364. The molecular formula is C11H14N4O. The molecule has 2 N–H and O–H groups in total. The van der Waals surface area contributed by atoms with Gasteiger partial charge in [0, 0.05) is 18.0 Å². The van der Waals surface area contributed by atoms with Crippen molar-refractivity contribution in [2.75, 3.05) is 0 Å². The molecule has 0 amide bonds. The van der Waals surface area contributed by atoms with Crippen molar-refractivity contribution >= 4 is 0 Å². The number of rotatable bonds is 3. The summed E-state index contributed by atoms with van der Waals surface area (Å²) in [6.07, 6.45) is 3.39. The van der Waals surface area contributed by atoms with E-state index in [-0.39, 0.29) is 12.0 Å². The molecule has 1 atom stereocenters. The number of aromatic nitrogens is 3. The van der Waals surface area contributed by atoms with Crippen LogP contribution in [0.2, 0.25) is 0 Å². The zero-order valence-corrected chi connectivity index (χ0v) is 9.29. The van der Waals surface area contributed by atoms with E-state index in [2.05, 4.69) is 15.1 Å². The van der Waals surface area contributed by atoms with Crippen LogP contribution in [-0.2, 0) is 0 Å². The molecule has 0 aliphatic rings. The molecular weight excluding hydrogens is 204 g/mol. The van der Waals surface area contributed by atoms with Crippen LogP contribution < -0.4 is 5.73 Å². The van der Waals surface area contributed by atoms with Gasteiger partial charge in [-0.3, -0.25) is 4.98 Å². The van der Waals surface area contributed by atoms with Crippen LogP contribution in [-0.4, -0.2) is 15.1 Å². The molecule has 0 aliphatic carbocycles. The molecule has 0 fully saturated rings. The van der Waals surface area contributed by atoms with Crippen molar-refractivity contribution in [2.45, 2.75) is 19.9 Å². The lowest BCUT2D eigenvalue weighted by molar-refractivity contribution is 0.325. The predicted molar refractivity (Wildman–Crippen MR) is 59.3 cm³/mol. The minimum absolute atomic E-state index is 0.224. The monoisotopic (exact) mass is 218 g/mol. The van der Waals surface area contributed by atoms with Gasteiger partial charge in [0.1, 0.15) is 0 Å². The van der Waals surface area contributed by atoms with Crippen molar-refractivity contribution in [1.29, 1.82) is 0 Å². The van der Waals surface area contributed by atoms with Crippen LogP contribution in [0, 0.1) is 5.92 Å². The first kappa shape index (κ1) is 10.8. The second kappa shape index (κ2) is 4.40. The smallest absolute Gasteiger partial charge is 0.244 e.